The summed E-state index contributed by atoms with van der Waals surface area (Å²) in [5, 5.41) is 0.401. The lowest BCUT2D eigenvalue weighted by molar-refractivity contribution is 0.504. The summed E-state index contributed by atoms with van der Waals surface area (Å²) in [5.41, 5.74) is 7.53. The van der Waals surface area contributed by atoms with Crippen LogP contribution in [0.25, 0.3) is 0 Å². The maximum Gasteiger partial charge on any atom is 0.0542 e. The van der Waals surface area contributed by atoms with Crippen LogP contribution in [0.2, 0.25) is 0 Å². The van der Waals surface area contributed by atoms with Crippen LogP contribution < -0.4 is 5.73 Å². The first-order chi connectivity index (χ1) is 8.29. The molecule has 2 N–H and O–H groups in total. The van der Waals surface area contributed by atoms with Crippen LogP contribution in [0, 0.1) is 0 Å². The third-order valence-electron chi connectivity index (χ3n) is 3.32. The molecule has 0 aliphatic heterocycles. The molecule has 1 aromatic rings. The van der Waals surface area contributed by atoms with Crippen LogP contribution in [0.3, 0.4) is 0 Å². The quantitative estimate of drug-likeness (QED) is 0.893. The minimum atomic E-state index is -0.736. The van der Waals surface area contributed by atoms with Crippen LogP contribution in [0.4, 0.5) is 0 Å². The predicted molar refractivity (Wildman–Crippen MR) is 70.8 cm³/mol. The summed E-state index contributed by atoms with van der Waals surface area (Å²) in [6.45, 7) is 0.448. The highest BCUT2D eigenvalue weighted by Gasteiger charge is 2.19. The van der Waals surface area contributed by atoms with Gasteiger partial charge in [-0.3, -0.25) is 9.19 Å². The van der Waals surface area contributed by atoms with Crippen LogP contribution in [0.5, 0.6) is 0 Å². The Hall–Kier alpha value is -0.740. The lowest BCUT2D eigenvalue weighted by atomic mass is 10.0. The Morgan fingerprint density at radius 2 is 2.12 bits per heavy atom. The summed E-state index contributed by atoms with van der Waals surface area (Å²) in [6.07, 6.45) is 7.79. The van der Waals surface area contributed by atoms with Crippen molar-refractivity contribution in [1.29, 1.82) is 0 Å². The molecule has 1 heterocycles. The van der Waals surface area contributed by atoms with Gasteiger partial charge >= 0.3 is 0 Å². The molecule has 0 amide bonds. The molecule has 94 valence electrons. The van der Waals surface area contributed by atoms with Crippen molar-refractivity contribution < 1.29 is 4.21 Å². The molecule has 4 heteroatoms. The Morgan fingerprint density at radius 1 is 1.35 bits per heavy atom. The van der Waals surface area contributed by atoms with Crippen molar-refractivity contribution in [3.8, 4) is 0 Å². The van der Waals surface area contributed by atoms with Gasteiger partial charge in [0, 0.05) is 34.5 Å². The molecule has 0 spiro atoms. The Bertz CT molecular complexity index is 389. The number of rotatable bonds is 4. The Labute approximate surface area is 105 Å². The second-order valence-electron chi connectivity index (χ2n) is 4.64. The molecular formula is C13H20N2OS. The molecule has 0 radical (unpaired) electrons. The van der Waals surface area contributed by atoms with E-state index in [1.54, 1.807) is 6.20 Å². The van der Waals surface area contributed by atoms with Crippen molar-refractivity contribution >= 4 is 10.8 Å². The fraction of sp³-hybridized carbons (Fsp3) is 0.615. The molecule has 0 bridgehead atoms. The van der Waals surface area contributed by atoms with Gasteiger partial charge in [0.2, 0.25) is 0 Å². The first-order valence-corrected chi connectivity index (χ1v) is 7.69. The monoisotopic (exact) mass is 252 g/mol. The molecule has 2 rings (SSSR count). The van der Waals surface area contributed by atoms with E-state index in [0.717, 1.165) is 24.1 Å². The zero-order valence-electron chi connectivity index (χ0n) is 10.1. The number of aromatic nitrogens is 1. The van der Waals surface area contributed by atoms with Crippen molar-refractivity contribution in [3.05, 3.63) is 29.6 Å². The molecule has 0 saturated heterocycles. The van der Waals surface area contributed by atoms with E-state index < -0.39 is 10.8 Å². The second-order valence-corrected chi connectivity index (χ2v) is 6.36. The lowest BCUT2D eigenvalue weighted by Gasteiger charge is -2.20. The van der Waals surface area contributed by atoms with Gasteiger partial charge in [-0.25, -0.2) is 0 Å². The minimum Gasteiger partial charge on any atom is -0.325 e. The summed E-state index contributed by atoms with van der Waals surface area (Å²) >= 11 is 0. The first kappa shape index (κ1) is 12.7. The average molecular weight is 252 g/mol. The highest BCUT2D eigenvalue weighted by Crippen LogP contribution is 2.23. The highest BCUT2D eigenvalue weighted by molar-refractivity contribution is 7.84. The van der Waals surface area contributed by atoms with Gasteiger partial charge in [-0.15, -0.1) is 0 Å². The van der Waals surface area contributed by atoms with E-state index in [-0.39, 0.29) is 0 Å². The van der Waals surface area contributed by atoms with Crippen molar-refractivity contribution in [1.82, 2.24) is 4.98 Å². The van der Waals surface area contributed by atoms with Gasteiger partial charge in [-0.1, -0.05) is 19.3 Å². The summed E-state index contributed by atoms with van der Waals surface area (Å²) in [7, 11) is -0.736. The van der Waals surface area contributed by atoms with E-state index in [2.05, 4.69) is 4.98 Å². The Balaban J connectivity index is 1.96. The fourth-order valence-electron chi connectivity index (χ4n) is 2.34. The smallest absolute Gasteiger partial charge is 0.0542 e. The zero-order chi connectivity index (χ0) is 12.1. The topological polar surface area (TPSA) is 56.0 Å². The van der Waals surface area contributed by atoms with E-state index in [4.69, 9.17) is 5.73 Å². The van der Waals surface area contributed by atoms with Crippen LogP contribution in [0.15, 0.2) is 18.3 Å². The summed E-state index contributed by atoms with van der Waals surface area (Å²) in [6, 6.07) is 3.92. The van der Waals surface area contributed by atoms with Gasteiger partial charge in [-0.05, 0) is 30.5 Å². The normalized spacial score (nSPS) is 19.1. The van der Waals surface area contributed by atoms with Gasteiger partial charge in [-0.2, -0.15) is 0 Å². The largest absolute Gasteiger partial charge is 0.325 e. The van der Waals surface area contributed by atoms with E-state index >= 15 is 0 Å². The summed E-state index contributed by atoms with van der Waals surface area (Å²) < 4.78 is 12.2. The van der Waals surface area contributed by atoms with Crippen molar-refractivity contribution in [3.63, 3.8) is 0 Å². The van der Waals surface area contributed by atoms with Crippen LogP contribution >= 0.6 is 0 Å². The molecule has 1 aliphatic carbocycles. The van der Waals surface area contributed by atoms with Crippen molar-refractivity contribution in [2.75, 3.05) is 0 Å². The van der Waals surface area contributed by atoms with Crippen molar-refractivity contribution in [2.24, 2.45) is 5.73 Å². The molecule has 1 saturated carbocycles. The Kier molecular flexibility index (Phi) is 4.68. The number of nitrogens with two attached hydrogens (primary N) is 1. The molecule has 1 unspecified atom stereocenters. The summed E-state index contributed by atoms with van der Waals surface area (Å²) in [5.74, 6) is 0.653. The predicted octanol–water partition coefficient (Wildman–Crippen LogP) is 2.12. The van der Waals surface area contributed by atoms with Crippen LogP contribution in [0.1, 0.15) is 43.4 Å². The van der Waals surface area contributed by atoms with Gasteiger partial charge in [0.05, 0.1) is 5.69 Å². The van der Waals surface area contributed by atoms with Gasteiger partial charge in [0.1, 0.15) is 0 Å². The third kappa shape index (κ3) is 3.61. The number of hydrogen-bond acceptors (Lipinski definition) is 3. The van der Waals surface area contributed by atoms with E-state index in [9.17, 15) is 4.21 Å². The van der Waals surface area contributed by atoms with E-state index in [1.165, 1.54) is 19.3 Å². The van der Waals surface area contributed by atoms with Gasteiger partial charge in [0.25, 0.3) is 0 Å². The number of hydrogen-bond donors (Lipinski definition) is 1. The molecule has 1 fully saturated rings. The zero-order valence-corrected chi connectivity index (χ0v) is 10.9. The van der Waals surface area contributed by atoms with Crippen molar-refractivity contribution in [2.45, 2.75) is 49.7 Å². The standard InChI is InChI=1S/C13H20N2OS/c14-9-12-8-11(6-7-15-12)10-17(16)13-4-2-1-3-5-13/h6-8,13H,1-5,9-10,14H2. The fourth-order valence-corrected chi connectivity index (χ4v) is 3.94. The maximum absolute atomic E-state index is 12.2. The number of pyridine rings is 1. The third-order valence-corrected chi connectivity index (χ3v) is 5.16. The SMILES string of the molecule is NCc1cc(CS(=O)C2CCCCC2)ccn1. The number of nitrogens with zero attached hydrogens (tertiary/aromatic N) is 1. The first-order valence-electron chi connectivity index (χ1n) is 6.30. The van der Waals surface area contributed by atoms with Gasteiger partial charge < -0.3 is 5.73 Å². The van der Waals surface area contributed by atoms with E-state index in [0.29, 0.717) is 17.5 Å². The minimum absolute atomic E-state index is 0.401. The van der Waals surface area contributed by atoms with Crippen LogP contribution in [-0.2, 0) is 23.1 Å². The van der Waals surface area contributed by atoms with E-state index in [1.807, 2.05) is 12.1 Å². The molecular weight excluding hydrogens is 232 g/mol. The molecule has 0 aromatic carbocycles. The molecule has 17 heavy (non-hydrogen) atoms. The Morgan fingerprint density at radius 3 is 2.82 bits per heavy atom. The van der Waals surface area contributed by atoms with Gasteiger partial charge in [0.15, 0.2) is 0 Å². The summed E-state index contributed by atoms with van der Waals surface area (Å²) in [4.78, 5) is 4.15. The lowest BCUT2D eigenvalue weighted by Crippen LogP contribution is -2.19. The molecule has 1 atom stereocenters. The molecule has 1 aliphatic rings. The van der Waals surface area contributed by atoms with Crippen LogP contribution in [-0.4, -0.2) is 14.4 Å². The molecule has 3 nitrogen and oxygen atoms in total. The average Bonchev–Trinajstić information content (AvgIpc) is 2.40. The highest BCUT2D eigenvalue weighted by atomic mass is 32.2. The molecule has 1 aromatic heterocycles. The maximum atomic E-state index is 12.2. The second kappa shape index (κ2) is 6.26.